The molecule has 1 aromatic carbocycles. The summed E-state index contributed by atoms with van der Waals surface area (Å²) in [7, 11) is 0. The lowest BCUT2D eigenvalue weighted by Crippen LogP contribution is -2.42. The lowest BCUT2D eigenvalue weighted by molar-refractivity contribution is 0.0635. The van der Waals surface area contributed by atoms with Crippen LogP contribution in [0.3, 0.4) is 0 Å². The second kappa shape index (κ2) is 4.96. The zero-order valence-electron chi connectivity index (χ0n) is 9.95. The molecule has 1 aliphatic rings. The smallest absolute Gasteiger partial charge is 0.254 e. The first-order chi connectivity index (χ1) is 8.09. The Kier molecular flexibility index (Phi) is 3.57. The van der Waals surface area contributed by atoms with Crippen molar-refractivity contribution >= 4 is 23.2 Å². The maximum atomic E-state index is 12.3. The Hall–Kier alpha value is -1.22. The third-order valence-electron chi connectivity index (χ3n) is 3.31. The standard InChI is InChI=1S/C13H17ClN2O/c1-9-4-2-3-7-16(9)13(17)10-5-6-11(14)12(15)8-10/h5-6,8-9H,2-4,7,15H2,1H3. The molecular weight excluding hydrogens is 236 g/mol. The number of hydrogen-bond acceptors (Lipinski definition) is 2. The van der Waals surface area contributed by atoms with Gasteiger partial charge in [0.25, 0.3) is 5.91 Å². The second-order valence-corrected chi connectivity index (χ2v) is 4.99. The van der Waals surface area contributed by atoms with E-state index in [9.17, 15) is 4.79 Å². The van der Waals surface area contributed by atoms with E-state index in [-0.39, 0.29) is 5.91 Å². The average Bonchev–Trinajstić information content (AvgIpc) is 2.32. The molecule has 1 aromatic rings. The van der Waals surface area contributed by atoms with Crippen molar-refractivity contribution in [3.8, 4) is 0 Å². The maximum Gasteiger partial charge on any atom is 0.254 e. The van der Waals surface area contributed by atoms with Gasteiger partial charge in [-0.15, -0.1) is 0 Å². The molecule has 0 spiro atoms. The Balaban J connectivity index is 2.21. The molecule has 0 aromatic heterocycles. The number of hydrogen-bond donors (Lipinski definition) is 1. The molecule has 1 saturated heterocycles. The minimum atomic E-state index is 0.0561. The quantitative estimate of drug-likeness (QED) is 0.781. The van der Waals surface area contributed by atoms with Gasteiger partial charge in [-0.1, -0.05) is 11.6 Å². The van der Waals surface area contributed by atoms with Crippen LogP contribution in [0, 0.1) is 0 Å². The molecule has 17 heavy (non-hydrogen) atoms. The predicted molar refractivity (Wildman–Crippen MR) is 70.2 cm³/mol. The third-order valence-corrected chi connectivity index (χ3v) is 3.65. The molecule has 1 heterocycles. The highest BCUT2D eigenvalue weighted by Gasteiger charge is 2.24. The molecule has 2 rings (SSSR count). The number of benzene rings is 1. The van der Waals surface area contributed by atoms with Gasteiger partial charge in [0.05, 0.1) is 10.7 Å². The van der Waals surface area contributed by atoms with Crippen LogP contribution in [-0.4, -0.2) is 23.4 Å². The molecule has 0 saturated carbocycles. The maximum absolute atomic E-state index is 12.3. The van der Waals surface area contributed by atoms with Gasteiger partial charge < -0.3 is 10.6 Å². The first kappa shape index (κ1) is 12.2. The van der Waals surface area contributed by atoms with E-state index in [2.05, 4.69) is 6.92 Å². The van der Waals surface area contributed by atoms with Crippen LogP contribution < -0.4 is 5.73 Å². The number of nitrogen functional groups attached to an aromatic ring is 1. The number of rotatable bonds is 1. The zero-order chi connectivity index (χ0) is 12.4. The van der Waals surface area contributed by atoms with Crippen LogP contribution in [0.4, 0.5) is 5.69 Å². The predicted octanol–water partition coefficient (Wildman–Crippen LogP) is 2.94. The lowest BCUT2D eigenvalue weighted by atomic mass is 10.0. The van der Waals surface area contributed by atoms with E-state index in [1.165, 1.54) is 6.42 Å². The SMILES string of the molecule is CC1CCCCN1C(=O)c1ccc(Cl)c(N)c1. The van der Waals surface area contributed by atoms with Crippen LogP contribution in [-0.2, 0) is 0 Å². The summed E-state index contributed by atoms with van der Waals surface area (Å²) in [6.45, 7) is 2.93. The highest BCUT2D eigenvalue weighted by atomic mass is 35.5. The Bertz CT molecular complexity index is 433. The van der Waals surface area contributed by atoms with Gasteiger partial charge in [0.15, 0.2) is 0 Å². The summed E-state index contributed by atoms with van der Waals surface area (Å²) in [4.78, 5) is 14.2. The van der Waals surface area contributed by atoms with Gasteiger partial charge in [0.1, 0.15) is 0 Å². The van der Waals surface area contributed by atoms with Crippen molar-refractivity contribution in [2.24, 2.45) is 0 Å². The van der Waals surface area contributed by atoms with Gasteiger partial charge in [-0.2, -0.15) is 0 Å². The van der Waals surface area contributed by atoms with Crippen molar-refractivity contribution in [1.82, 2.24) is 4.90 Å². The summed E-state index contributed by atoms with van der Waals surface area (Å²) in [5.74, 6) is 0.0561. The fraction of sp³-hybridized carbons (Fsp3) is 0.462. The number of piperidine rings is 1. The van der Waals surface area contributed by atoms with E-state index in [1.807, 2.05) is 4.90 Å². The largest absolute Gasteiger partial charge is 0.398 e. The molecule has 1 fully saturated rings. The summed E-state index contributed by atoms with van der Waals surface area (Å²) in [5, 5.41) is 0.494. The second-order valence-electron chi connectivity index (χ2n) is 4.58. The van der Waals surface area contributed by atoms with E-state index in [0.29, 0.717) is 22.3 Å². The minimum Gasteiger partial charge on any atom is -0.398 e. The van der Waals surface area contributed by atoms with Crippen LogP contribution in [0.1, 0.15) is 36.5 Å². The number of likely N-dealkylation sites (tertiary alicyclic amines) is 1. The highest BCUT2D eigenvalue weighted by molar-refractivity contribution is 6.33. The van der Waals surface area contributed by atoms with Crippen LogP contribution >= 0.6 is 11.6 Å². The number of carbonyl (C=O) groups is 1. The fourth-order valence-corrected chi connectivity index (χ4v) is 2.36. The number of nitrogens with two attached hydrogens (primary N) is 1. The van der Waals surface area contributed by atoms with Gasteiger partial charge in [-0.05, 0) is 44.4 Å². The Morgan fingerprint density at radius 3 is 2.88 bits per heavy atom. The molecule has 2 N–H and O–H groups in total. The van der Waals surface area contributed by atoms with Gasteiger partial charge >= 0.3 is 0 Å². The number of anilines is 1. The van der Waals surface area contributed by atoms with E-state index < -0.39 is 0 Å². The minimum absolute atomic E-state index is 0.0561. The van der Waals surface area contributed by atoms with Crippen LogP contribution in [0.5, 0.6) is 0 Å². The molecule has 1 unspecified atom stereocenters. The van der Waals surface area contributed by atoms with Crippen molar-refractivity contribution in [2.75, 3.05) is 12.3 Å². The van der Waals surface area contributed by atoms with E-state index in [4.69, 9.17) is 17.3 Å². The molecule has 0 aliphatic carbocycles. The summed E-state index contributed by atoms with van der Waals surface area (Å²) in [5.41, 5.74) is 6.81. The summed E-state index contributed by atoms with van der Waals surface area (Å²) in [6, 6.07) is 5.39. The monoisotopic (exact) mass is 252 g/mol. The lowest BCUT2D eigenvalue weighted by Gasteiger charge is -2.33. The number of halogens is 1. The van der Waals surface area contributed by atoms with Crippen molar-refractivity contribution in [1.29, 1.82) is 0 Å². The third kappa shape index (κ3) is 2.55. The van der Waals surface area contributed by atoms with Gasteiger partial charge in [-0.25, -0.2) is 0 Å². The molecule has 4 heteroatoms. The Morgan fingerprint density at radius 1 is 1.47 bits per heavy atom. The number of amides is 1. The Morgan fingerprint density at radius 2 is 2.24 bits per heavy atom. The van der Waals surface area contributed by atoms with Crippen molar-refractivity contribution in [3.63, 3.8) is 0 Å². The molecule has 0 bridgehead atoms. The van der Waals surface area contributed by atoms with Crippen LogP contribution in [0.2, 0.25) is 5.02 Å². The normalized spacial score (nSPS) is 20.4. The number of carbonyl (C=O) groups excluding carboxylic acids is 1. The van der Waals surface area contributed by atoms with Gasteiger partial charge in [-0.3, -0.25) is 4.79 Å². The first-order valence-electron chi connectivity index (χ1n) is 5.95. The molecule has 1 atom stereocenters. The van der Waals surface area contributed by atoms with Crippen LogP contribution in [0.25, 0.3) is 0 Å². The summed E-state index contributed by atoms with van der Waals surface area (Å²) in [6.07, 6.45) is 3.36. The van der Waals surface area contributed by atoms with E-state index in [1.54, 1.807) is 18.2 Å². The first-order valence-corrected chi connectivity index (χ1v) is 6.33. The molecule has 3 nitrogen and oxygen atoms in total. The average molecular weight is 253 g/mol. The van der Waals surface area contributed by atoms with E-state index >= 15 is 0 Å². The molecule has 0 radical (unpaired) electrons. The molecule has 1 amide bonds. The molecule has 92 valence electrons. The van der Waals surface area contributed by atoms with E-state index in [0.717, 1.165) is 19.4 Å². The zero-order valence-corrected chi connectivity index (χ0v) is 10.7. The van der Waals surface area contributed by atoms with Gasteiger partial charge in [0.2, 0.25) is 0 Å². The van der Waals surface area contributed by atoms with Crippen molar-refractivity contribution < 1.29 is 4.79 Å². The van der Waals surface area contributed by atoms with Gasteiger partial charge in [0, 0.05) is 18.2 Å². The molecular formula is C13H17ClN2O. The van der Waals surface area contributed by atoms with Crippen molar-refractivity contribution in [3.05, 3.63) is 28.8 Å². The fourth-order valence-electron chi connectivity index (χ4n) is 2.24. The highest BCUT2D eigenvalue weighted by Crippen LogP contribution is 2.23. The molecule has 1 aliphatic heterocycles. The summed E-state index contributed by atoms with van der Waals surface area (Å²) >= 11 is 5.85. The van der Waals surface area contributed by atoms with Crippen molar-refractivity contribution in [2.45, 2.75) is 32.2 Å². The topological polar surface area (TPSA) is 46.3 Å². The summed E-state index contributed by atoms with van der Waals surface area (Å²) < 4.78 is 0. The van der Waals surface area contributed by atoms with Crippen LogP contribution in [0.15, 0.2) is 18.2 Å². The Labute approximate surface area is 107 Å². The number of nitrogens with zero attached hydrogens (tertiary/aromatic N) is 1.